The first-order chi connectivity index (χ1) is 13.4. The SMILES string of the molecule is COc1ccc(-c2nn(C[NH+](C)Cc3cccc(F)c3)c(=S)n2C(C)C)cc1. The molecule has 0 bridgehead atoms. The fraction of sp³-hybridized carbons (Fsp3) is 0.333. The van der Waals surface area contributed by atoms with E-state index in [0.29, 0.717) is 18.0 Å². The van der Waals surface area contributed by atoms with Crippen molar-refractivity contribution in [3.63, 3.8) is 0 Å². The summed E-state index contributed by atoms with van der Waals surface area (Å²) in [5.74, 6) is 1.42. The summed E-state index contributed by atoms with van der Waals surface area (Å²) in [6.07, 6.45) is 0. The number of rotatable bonds is 7. The van der Waals surface area contributed by atoms with E-state index >= 15 is 0 Å². The molecule has 1 atom stereocenters. The molecule has 5 nitrogen and oxygen atoms in total. The molecule has 0 radical (unpaired) electrons. The molecule has 7 heteroatoms. The highest BCUT2D eigenvalue weighted by Gasteiger charge is 2.17. The smallest absolute Gasteiger partial charge is 0.203 e. The lowest BCUT2D eigenvalue weighted by atomic mass is 10.2. The maximum absolute atomic E-state index is 13.4. The molecule has 3 rings (SSSR count). The highest BCUT2D eigenvalue weighted by atomic mass is 32.1. The van der Waals surface area contributed by atoms with Gasteiger partial charge in [-0.2, -0.15) is 4.68 Å². The van der Waals surface area contributed by atoms with Crippen LogP contribution in [0.5, 0.6) is 5.75 Å². The number of halogens is 1. The van der Waals surface area contributed by atoms with E-state index in [1.54, 1.807) is 19.2 Å². The number of ether oxygens (including phenoxy) is 1. The second-order valence-corrected chi connectivity index (χ2v) is 7.59. The van der Waals surface area contributed by atoms with Gasteiger partial charge in [0.05, 0.1) is 14.2 Å². The Bertz CT molecular complexity index is 994. The number of methoxy groups -OCH3 is 1. The third kappa shape index (κ3) is 4.48. The third-order valence-corrected chi connectivity index (χ3v) is 4.96. The van der Waals surface area contributed by atoms with Gasteiger partial charge in [0.2, 0.25) is 4.77 Å². The van der Waals surface area contributed by atoms with E-state index < -0.39 is 0 Å². The van der Waals surface area contributed by atoms with Gasteiger partial charge in [-0.1, -0.05) is 12.1 Å². The van der Waals surface area contributed by atoms with Gasteiger partial charge in [0.1, 0.15) is 18.1 Å². The number of nitrogens with one attached hydrogen (secondary N) is 1. The summed E-state index contributed by atoms with van der Waals surface area (Å²) in [6.45, 7) is 5.47. The van der Waals surface area contributed by atoms with Crippen molar-refractivity contribution < 1.29 is 14.0 Å². The summed E-state index contributed by atoms with van der Waals surface area (Å²) < 4.78 is 23.3. The Hall–Kier alpha value is -2.51. The summed E-state index contributed by atoms with van der Waals surface area (Å²) in [6, 6.07) is 14.7. The molecule has 0 fully saturated rings. The molecule has 0 saturated heterocycles. The van der Waals surface area contributed by atoms with E-state index in [4.69, 9.17) is 22.1 Å². The number of benzene rings is 2. The van der Waals surface area contributed by atoms with Crippen molar-refractivity contribution in [2.75, 3.05) is 14.2 Å². The minimum absolute atomic E-state index is 0.182. The summed E-state index contributed by atoms with van der Waals surface area (Å²) in [7, 11) is 3.70. The number of hydrogen-bond acceptors (Lipinski definition) is 3. The van der Waals surface area contributed by atoms with Crippen molar-refractivity contribution in [3.8, 4) is 17.1 Å². The predicted molar refractivity (Wildman–Crippen MR) is 110 cm³/mol. The second-order valence-electron chi connectivity index (χ2n) is 7.22. The molecule has 0 aliphatic heterocycles. The zero-order chi connectivity index (χ0) is 20.3. The van der Waals surface area contributed by atoms with Gasteiger partial charge in [0.15, 0.2) is 12.5 Å². The molecule has 0 aliphatic carbocycles. The van der Waals surface area contributed by atoms with Crippen LogP contribution in [0.4, 0.5) is 4.39 Å². The third-order valence-electron chi connectivity index (χ3n) is 4.55. The van der Waals surface area contributed by atoms with E-state index in [1.807, 2.05) is 42.1 Å². The van der Waals surface area contributed by atoms with Crippen LogP contribution in [-0.4, -0.2) is 28.5 Å². The fourth-order valence-corrected chi connectivity index (χ4v) is 3.64. The van der Waals surface area contributed by atoms with Crippen molar-refractivity contribution in [1.82, 2.24) is 14.3 Å². The van der Waals surface area contributed by atoms with Crippen LogP contribution < -0.4 is 9.64 Å². The van der Waals surface area contributed by atoms with Crippen LogP contribution >= 0.6 is 12.2 Å². The van der Waals surface area contributed by atoms with E-state index in [9.17, 15) is 4.39 Å². The maximum atomic E-state index is 13.4. The topological polar surface area (TPSA) is 36.4 Å². The van der Waals surface area contributed by atoms with Crippen LogP contribution in [-0.2, 0) is 13.2 Å². The fourth-order valence-electron chi connectivity index (χ4n) is 3.23. The number of nitrogens with zero attached hydrogens (tertiary/aromatic N) is 3. The molecule has 1 heterocycles. The van der Waals surface area contributed by atoms with Gasteiger partial charge < -0.3 is 9.64 Å². The molecule has 0 aliphatic rings. The summed E-state index contributed by atoms with van der Waals surface area (Å²) >= 11 is 5.71. The quantitative estimate of drug-likeness (QED) is 0.616. The van der Waals surface area contributed by atoms with Gasteiger partial charge in [0, 0.05) is 17.2 Å². The van der Waals surface area contributed by atoms with Crippen LogP contribution in [0.2, 0.25) is 0 Å². The van der Waals surface area contributed by atoms with Gasteiger partial charge in [-0.05, 0) is 62.5 Å². The molecule has 0 spiro atoms. The summed E-state index contributed by atoms with van der Waals surface area (Å²) in [4.78, 5) is 1.16. The van der Waals surface area contributed by atoms with Gasteiger partial charge in [-0.3, -0.25) is 4.57 Å². The number of quaternary nitrogens is 1. The monoisotopic (exact) mass is 401 g/mol. The van der Waals surface area contributed by atoms with Crippen LogP contribution in [0.3, 0.4) is 0 Å². The van der Waals surface area contributed by atoms with Gasteiger partial charge >= 0.3 is 0 Å². The number of hydrogen-bond donors (Lipinski definition) is 1. The molecule has 1 unspecified atom stereocenters. The maximum Gasteiger partial charge on any atom is 0.203 e. The minimum atomic E-state index is -0.215. The average Bonchev–Trinajstić information content (AvgIpc) is 2.98. The van der Waals surface area contributed by atoms with Crippen molar-refractivity contribution in [1.29, 1.82) is 0 Å². The highest BCUT2D eigenvalue weighted by Crippen LogP contribution is 2.24. The van der Waals surface area contributed by atoms with Gasteiger partial charge in [0.25, 0.3) is 0 Å². The molecular formula is C21H26FN4OS+. The molecule has 0 saturated carbocycles. The van der Waals surface area contributed by atoms with Gasteiger partial charge in [-0.25, -0.2) is 4.39 Å². The molecule has 1 aromatic heterocycles. The average molecular weight is 402 g/mol. The summed E-state index contributed by atoms with van der Waals surface area (Å²) in [5.41, 5.74) is 1.94. The normalized spacial score (nSPS) is 12.4. The standard InChI is InChI=1S/C21H25FN4OS/c1-15(2)26-20(17-8-10-19(27-4)11-9-17)23-25(21(26)28)14-24(3)13-16-6-5-7-18(22)12-16/h5-12,15H,13-14H2,1-4H3/p+1. The van der Waals surface area contributed by atoms with Crippen molar-refractivity contribution in [2.24, 2.45) is 0 Å². The Morgan fingerprint density at radius 2 is 1.89 bits per heavy atom. The molecule has 28 heavy (non-hydrogen) atoms. The molecule has 3 aromatic rings. The van der Waals surface area contributed by atoms with Crippen molar-refractivity contribution in [3.05, 3.63) is 64.7 Å². The minimum Gasteiger partial charge on any atom is -0.497 e. The van der Waals surface area contributed by atoms with Crippen LogP contribution in [0.1, 0.15) is 25.5 Å². The predicted octanol–water partition coefficient (Wildman–Crippen LogP) is 3.48. The molecule has 2 aromatic carbocycles. The lowest BCUT2D eigenvalue weighted by Gasteiger charge is -2.14. The van der Waals surface area contributed by atoms with Crippen molar-refractivity contribution >= 4 is 12.2 Å². The number of aromatic nitrogens is 3. The van der Waals surface area contributed by atoms with Crippen LogP contribution in [0.15, 0.2) is 48.5 Å². The highest BCUT2D eigenvalue weighted by molar-refractivity contribution is 7.71. The molecule has 0 amide bonds. The lowest BCUT2D eigenvalue weighted by Crippen LogP contribution is -3.07. The van der Waals surface area contributed by atoms with Crippen LogP contribution in [0.25, 0.3) is 11.4 Å². The Morgan fingerprint density at radius 1 is 1.18 bits per heavy atom. The summed E-state index contributed by atoms with van der Waals surface area (Å²) in [5, 5.41) is 4.80. The first-order valence-corrected chi connectivity index (χ1v) is 9.69. The Morgan fingerprint density at radius 3 is 2.50 bits per heavy atom. The second kappa shape index (κ2) is 8.67. The lowest BCUT2D eigenvalue weighted by molar-refractivity contribution is -0.917. The first kappa shape index (κ1) is 20.2. The molecular weight excluding hydrogens is 375 g/mol. The Labute approximate surface area is 170 Å². The Balaban J connectivity index is 1.88. The van der Waals surface area contributed by atoms with E-state index in [0.717, 1.165) is 27.6 Å². The van der Waals surface area contributed by atoms with E-state index in [1.165, 1.54) is 6.07 Å². The van der Waals surface area contributed by atoms with Gasteiger partial charge in [-0.15, -0.1) is 5.10 Å². The van der Waals surface area contributed by atoms with Crippen molar-refractivity contribution in [2.45, 2.75) is 33.1 Å². The van der Waals surface area contributed by atoms with E-state index in [2.05, 4.69) is 18.4 Å². The van der Waals surface area contributed by atoms with E-state index in [-0.39, 0.29) is 11.9 Å². The zero-order valence-electron chi connectivity index (χ0n) is 16.6. The first-order valence-electron chi connectivity index (χ1n) is 9.28. The zero-order valence-corrected chi connectivity index (χ0v) is 17.5. The van der Waals surface area contributed by atoms with Crippen LogP contribution in [0, 0.1) is 10.6 Å². The molecule has 1 N–H and O–H groups in total. The largest absolute Gasteiger partial charge is 0.497 e. The molecule has 148 valence electrons. The Kier molecular flexibility index (Phi) is 6.26.